The van der Waals surface area contributed by atoms with Gasteiger partial charge in [0.25, 0.3) is 5.91 Å². The molecule has 1 aromatic carbocycles. The number of rotatable bonds is 8. The summed E-state index contributed by atoms with van der Waals surface area (Å²) in [5.41, 5.74) is 6.29. The molecule has 2 aromatic heterocycles. The van der Waals surface area contributed by atoms with E-state index in [1.165, 1.54) is 6.07 Å². The highest BCUT2D eigenvalue weighted by molar-refractivity contribution is 7.91. The van der Waals surface area contributed by atoms with Gasteiger partial charge in [0.05, 0.1) is 11.0 Å². The highest BCUT2D eigenvalue weighted by atomic mass is 32.2. The summed E-state index contributed by atoms with van der Waals surface area (Å²) in [6.45, 7) is 1.89. The third-order valence-electron chi connectivity index (χ3n) is 4.10. The Kier molecular flexibility index (Phi) is 6.62. The first kappa shape index (κ1) is 21.0. The van der Waals surface area contributed by atoms with E-state index in [-0.39, 0.29) is 23.7 Å². The molecule has 0 unspecified atom stereocenters. The molecule has 9 nitrogen and oxygen atoms in total. The lowest BCUT2D eigenvalue weighted by Gasteiger charge is -2.10. The van der Waals surface area contributed by atoms with Crippen LogP contribution in [0.5, 0.6) is 0 Å². The molecule has 0 spiro atoms. The van der Waals surface area contributed by atoms with Gasteiger partial charge in [0.15, 0.2) is 0 Å². The van der Waals surface area contributed by atoms with Gasteiger partial charge in [-0.25, -0.2) is 18.1 Å². The van der Waals surface area contributed by atoms with Crippen LogP contribution in [0.3, 0.4) is 0 Å². The van der Waals surface area contributed by atoms with E-state index >= 15 is 0 Å². The molecule has 11 heteroatoms. The predicted molar refractivity (Wildman–Crippen MR) is 110 cm³/mol. The van der Waals surface area contributed by atoms with Crippen molar-refractivity contribution >= 4 is 44.2 Å². The summed E-state index contributed by atoms with van der Waals surface area (Å²) in [5.74, 6) is -0.135. The van der Waals surface area contributed by atoms with Crippen molar-refractivity contribution in [1.82, 2.24) is 25.1 Å². The Bertz CT molecular complexity index is 1110. The number of amides is 2. The van der Waals surface area contributed by atoms with Crippen molar-refractivity contribution < 1.29 is 18.0 Å². The van der Waals surface area contributed by atoms with Crippen LogP contribution >= 0.6 is 11.3 Å². The number of carbonyl (C=O) groups is 2. The van der Waals surface area contributed by atoms with Gasteiger partial charge in [0, 0.05) is 19.4 Å². The molecule has 3 N–H and O–H groups in total. The zero-order chi connectivity index (χ0) is 20.9. The van der Waals surface area contributed by atoms with E-state index in [2.05, 4.69) is 20.6 Å². The number of hydrazine groups is 1. The van der Waals surface area contributed by atoms with Crippen molar-refractivity contribution in [3.63, 3.8) is 0 Å². The fraction of sp³-hybridized carbons (Fsp3) is 0.278. The van der Waals surface area contributed by atoms with Gasteiger partial charge in [0.2, 0.25) is 15.9 Å². The normalized spacial score (nSPS) is 11.5. The van der Waals surface area contributed by atoms with Crippen LogP contribution in [-0.2, 0) is 32.6 Å². The predicted octanol–water partition coefficient (Wildman–Crippen LogP) is 1.18. The third kappa shape index (κ3) is 5.19. The van der Waals surface area contributed by atoms with Gasteiger partial charge in [-0.2, -0.15) is 0 Å². The third-order valence-corrected chi connectivity index (χ3v) is 6.96. The number of sulfonamides is 1. The zero-order valence-corrected chi connectivity index (χ0v) is 17.3. The second-order valence-electron chi connectivity index (χ2n) is 6.13. The molecule has 0 saturated carbocycles. The molecule has 154 valence electrons. The molecule has 0 saturated heterocycles. The van der Waals surface area contributed by atoms with Gasteiger partial charge in [-0.15, -0.1) is 11.3 Å². The smallest absolute Gasteiger partial charge is 0.258 e. The number of thiophene rings is 1. The monoisotopic (exact) mass is 435 g/mol. The average Bonchev–Trinajstić information content (AvgIpc) is 3.35. The molecule has 0 aliphatic rings. The second-order valence-corrected chi connectivity index (χ2v) is 9.07. The molecule has 29 heavy (non-hydrogen) atoms. The van der Waals surface area contributed by atoms with E-state index < -0.39 is 21.8 Å². The standard InChI is InChI=1S/C18H21N5O4S2/c1-2-15-20-13-6-3-4-7-14(13)23(15)12-17(25)22-21-16(24)9-10-19-29(26,27)18-8-5-11-28-18/h3-8,11,19H,2,9-10,12H2,1H3,(H,21,24)(H,22,25). The van der Waals surface area contributed by atoms with Crippen molar-refractivity contribution in [2.45, 2.75) is 30.5 Å². The second kappa shape index (κ2) is 9.16. The van der Waals surface area contributed by atoms with E-state index in [1.54, 1.807) is 16.0 Å². The van der Waals surface area contributed by atoms with Crippen LogP contribution in [0.2, 0.25) is 0 Å². The van der Waals surface area contributed by atoms with Gasteiger partial charge in [-0.3, -0.25) is 20.4 Å². The minimum atomic E-state index is -3.62. The molecule has 0 aliphatic heterocycles. The number of nitrogens with one attached hydrogen (secondary N) is 3. The number of hydrogen-bond donors (Lipinski definition) is 3. The Hall–Kier alpha value is -2.76. The zero-order valence-electron chi connectivity index (χ0n) is 15.7. The first-order chi connectivity index (χ1) is 13.9. The largest absolute Gasteiger partial charge is 0.318 e. The van der Waals surface area contributed by atoms with Gasteiger partial charge >= 0.3 is 0 Å². The van der Waals surface area contributed by atoms with Crippen molar-refractivity contribution in [2.75, 3.05) is 6.54 Å². The minimum absolute atomic E-state index is 0.00890. The van der Waals surface area contributed by atoms with E-state index in [0.717, 1.165) is 28.2 Å². The van der Waals surface area contributed by atoms with E-state index in [9.17, 15) is 18.0 Å². The van der Waals surface area contributed by atoms with Crippen molar-refractivity contribution in [3.05, 3.63) is 47.6 Å². The fourth-order valence-electron chi connectivity index (χ4n) is 2.74. The number of carbonyl (C=O) groups excluding carboxylic acids is 2. The quantitative estimate of drug-likeness (QED) is 0.459. The van der Waals surface area contributed by atoms with Crippen LogP contribution in [0.25, 0.3) is 11.0 Å². The maximum atomic E-state index is 12.2. The van der Waals surface area contributed by atoms with E-state index in [4.69, 9.17) is 0 Å². The summed E-state index contributed by atoms with van der Waals surface area (Å²) in [6, 6.07) is 10.6. The van der Waals surface area contributed by atoms with Crippen LogP contribution in [0.4, 0.5) is 0 Å². The molecule has 2 heterocycles. The summed E-state index contributed by atoms with van der Waals surface area (Å²) in [7, 11) is -3.62. The summed E-state index contributed by atoms with van der Waals surface area (Å²) < 4.78 is 28.3. The first-order valence-electron chi connectivity index (χ1n) is 8.95. The Balaban J connectivity index is 1.48. The van der Waals surface area contributed by atoms with Gasteiger partial charge in [0.1, 0.15) is 16.6 Å². The Morgan fingerprint density at radius 3 is 2.59 bits per heavy atom. The molecule has 0 atom stereocenters. The highest BCUT2D eigenvalue weighted by Gasteiger charge is 2.16. The Morgan fingerprint density at radius 1 is 1.10 bits per heavy atom. The van der Waals surface area contributed by atoms with Gasteiger partial charge < -0.3 is 4.57 Å². The number of fused-ring (bicyclic) bond motifs is 1. The lowest BCUT2D eigenvalue weighted by atomic mass is 10.3. The number of para-hydroxylation sites is 2. The van der Waals surface area contributed by atoms with Crippen molar-refractivity contribution in [1.29, 1.82) is 0 Å². The molecule has 3 aromatic rings. The molecule has 2 amide bonds. The maximum absolute atomic E-state index is 12.2. The number of benzene rings is 1. The highest BCUT2D eigenvalue weighted by Crippen LogP contribution is 2.16. The lowest BCUT2D eigenvalue weighted by Crippen LogP contribution is -2.44. The number of aromatic nitrogens is 2. The van der Waals surface area contributed by atoms with Gasteiger partial charge in [-0.1, -0.05) is 25.1 Å². The summed E-state index contributed by atoms with van der Waals surface area (Å²) in [4.78, 5) is 28.6. The van der Waals surface area contributed by atoms with E-state index in [0.29, 0.717) is 6.42 Å². The first-order valence-corrected chi connectivity index (χ1v) is 11.3. The van der Waals surface area contributed by atoms with Crippen LogP contribution in [-0.4, -0.2) is 36.3 Å². The van der Waals surface area contributed by atoms with Crippen LogP contribution in [0.15, 0.2) is 46.0 Å². The van der Waals surface area contributed by atoms with Crippen LogP contribution in [0.1, 0.15) is 19.2 Å². The Morgan fingerprint density at radius 2 is 1.86 bits per heavy atom. The topological polar surface area (TPSA) is 122 Å². The van der Waals surface area contributed by atoms with Crippen LogP contribution < -0.4 is 15.6 Å². The minimum Gasteiger partial charge on any atom is -0.318 e. The molecule has 0 aliphatic carbocycles. The number of hydrogen-bond acceptors (Lipinski definition) is 6. The average molecular weight is 436 g/mol. The lowest BCUT2D eigenvalue weighted by molar-refractivity contribution is -0.129. The molecular formula is C18H21N5O4S2. The summed E-state index contributed by atoms with van der Waals surface area (Å²) in [5, 5.41) is 1.66. The maximum Gasteiger partial charge on any atom is 0.258 e. The van der Waals surface area contributed by atoms with Crippen LogP contribution in [0, 0.1) is 0 Å². The molecule has 0 fully saturated rings. The summed E-state index contributed by atoms with van der Waals surface area (Å²) >= 11 is 1.09. The summed E-state index contributed by atoms with van der Waals surface area (Å²) in [6.07, 6.45) is 0.553. The van der Waals surface area contributed by atoms with Gasteiger partial charge in [-0.05, 0) is 23.6 Å². The van der Waals surface area contributed by atoms with Crippen molar-refractivity contribution in [3.8, 4) is 0 Å². The molecule has 0 radical (unpaired) electrons. The Labute approximate surface area is 172 Å². The molecular weight excluding hydrogens is 414 g/mol. The SMILES string of the molecule is CCc1nc2ccccc2n1CC(=O)NNC(=O)CCNS(=O)(=O)c1cccs1. The number of aryl methyl sites for hydroxylation is 1. The van der Waals surface area contributed by atoms with E-state index in [1.807, 2.05) is 31.2 Å². The fourth-order valence-corrected chi connectivity index (χ4v) is 4.81. The number of imidazole rings is 1. The molecule has 0 bridgehead atoms. The number of nitrogens with zero attached hydrogens (tertiary/aromatic N) is 2. The van der Waals surface area contributed by atoms with Crippen molar-refractivity contribution in [2.24, 2.45) is 0 Å². The molecule has 3 rings (SSSR count).